The fourth-order valence-electron chi connectivity index (χ4n) is 1.83. The fraction of sp³-hybridized carbons (Fsp3) is 0.308. The number of rotatable bonds is 2. The average molecular weight is 343 g/mol. The summed E-state index contributed by atoms with van der Waals surface area (Å²) in [5, 5.41) is 11.5. The molecule has 0 aliphatic rings. The van der Waals surface area contributed by atoms with Crippen LogP contribution in [0.1, 0.15) is 13.8 Å². The Morgan fingerprint density at radius 3 is 2.47 bits per heavy atom. The Balaban J connectivity index is 2.68. The molecule has 1 heterocycles. The van der Waals surface area contributed by atoms with E-state index in [4.69, 9.17) is 0 Å². The molecule has 0 aliphatic carbocycles. The minimum atomic E-state index is -0.893. The van der Waals surface area contributed by atoms with Crippen molar-refractivity contribution in [3.05, 3.63) is 44.4 Å². The summed E-state index contributed by atoms with van der Waals surface area (Å²) in [6, 6.07) is 7.53. The second kappa shape index (κ2) is 4.42. The van der Waals surface area contributed by atoms with Gasteiger partial charge in [-0.15, -0.1) is 0 Å². The smallest absolute Gasteiger partial charge is 0.258 e. The lowest BCUT2D eigenvalue weighted by Gasteiger charge is -2.19. The van der Waals surface area contributed by atoms with Crippen LogP contribution in [0.25, 0.3) is 10.8 Å². The van der Waals surface area contributed by atoms with E-state index in [1.165, 1.54) is 0 Å². The van der Waals surface area contributed by atoms with Crippen LogP contribution >= 0.6 is 22.6 Å². The van der Waals surface area contributed by atoms with Crippen molar-refractivity contribution in [2.45, 2.75) is 26.0 Å². The molecule has 0 fully saturated rings. The van der Waals surface area contributed by atoms with Crippen LogP contribution in [0.5, 0.6) is 0 Å². The van der Waals surface area contributed by atoms with Crippen LogP contribution in [-0.2, 0) is 6.54 Å². The van der Waals surface area contributed by atoms with Crippen molar-refractivity contribution in [2.24, 2.45) is 0 Å². The van der Waals surface area contributed by atoms with E-state index in [2.05, 4.69) is 22.6 Å². The fourth-order valence-corrected chi connectivity index (χ4v) is 2.64. The van der Waals surface area contributed by atoms with Crippen LogP contribution in [0.15, 0.2) is 35.3 Å². The molecule has 4 heteroatoms. The molecule has 2 aromatic rings. The van der Waals surface area contributed by atoms with Crippen LogP contribution < -0.4 is 5.56 Å². The third-order valence-electron chi connectivity index (χ3n) is 2.50. The standard InChI is InChI=1S/C13H14INO2/c1-13(2,17)8-15-7-11(14)9-5-3-4-6-10(9)12(15)16/h3-7,17H,8H2,1-2H3. The predicted molar refractivity (Wildman–Crippen MR) is 77.2 cm³/mol. The van der Waals surface area contributed by atoms with E-state index in [1.807, 2.05) is 24.3 Å². The maximum Gasteiger partial charge on any atom is 0.258 e. The van der Waals surface area contributed by atoms with Crippen molar-refractivity contribution >= 4 is 33.4 Å². The van der Waals surface area contributed by atoms with Crippen LogP contribution in [0.2, 0.25) is 0 Å². The summed E-state index contributed by atoms with van der Waals surface area (Å²) in [6.07, 6.45) is 1.79. The molecule has 17 heavy (non-hydrogen) atoms. The molecule has 1 N–H and O–H groups in total. The zero-order valence-electron chi connectivity index (χ0n) is 9.77. The third-order valence-corrected chi connectivity index (χ3v) is 3.36. The molecule has 0 spiro atoms. The van der Waals surface area contributed by atoms with Gasteiger partial charge in [0.25, 0.3) is 5.56 Å². The van der Waals surface area contributed by atoms with E-state index in [1.54, 1.807) is 24.6 Å². The molecule has 3 nitrogen and oxygen atoms in total. The highest BCUT2D eigenvalue weighted by molar-refractivity contribution is 14.1. The monoisotopic (exact) mass is 343 g/mol. The summed E-state index contributed by atoms with van der Waals surface area (Å²) < 4.78 is 2.59. The van der Waals surface area contributed by atoms with Gasteiger partial charge in [-0.05, 0) is 42.5 Å². The number of halogens is 1. The Hall–Kier alpha value is -0.880. The SMILES string of the molecule is CC(C)(O)Cn1cc(I)c2ccccc2c1=O. The van der Waals surface area contributed by atoms with Gasteiger partial charge in [0.1, 0.15) is 0 Å². The summed E-state index contributed by atoms with van der Waals surface area (Å²) in [6.45, 7) is 3.69. The van der Waals surface area contributed by atoms with Gasteiger partial charge < -0.3 is 9.67 Å². The van der Waals surface area contributed by atoms with E-state index < -0.39 is 5.60 Å². The quantitative estimate of drug-likeness (QED) is 0.851. The van der Waals surface area contributed by atoms with Crippen molar-refractivity contribution in [2.75, 3.05) is 0 Å². The highest BCUT2D eigenvalue weighted by atomic mass is 127. The van der Waals surface area contributed by atoms with E-state index in [-0.39, 0.29) is 5.56 Å². The van der Waals surface area contributed by atoms with Gasteiger partial charge in [-0.2, -0.15) is 0 Å². The van der Waals surface area contributed by atoms with Gasteiger partial charge in [0.15, 0.2) is 0 Å². The summed E-state index contributed by atoms with van der Waals surface area (Å²) in [4.78, 5) is 12.2. The van der Waals surface area contributed by atoms with Crippen LogP contribution in [0.3, 0.4) is 0 Å². The van der Waals surface area contributed by atoms with Crippen molar-refractivity contribution in [3.63, 3.8) is 0 Å². The minimum Gasteiger partial charge on any atom is -0.389 e. The molecule has 0 radical (unpaired) electrons. The molecule has 90 valence electrons. The lowest BCUT2D eigenvalue weighted by Crippen LogP contribution is -2.32. The number of nitrogens with zero attached hydrogens (tertiary/aromatic N) is 1. The zero-order valence-corrected chi connectivity index (χ0v) is 11.9. The van der Waals surface area contributed by atoms with Crippen molar-refractivity contribution in [1.29, 1.82) is 0 Å². The summed E-state index contributed by atoms with van der Waals surface area (Å²) in [7, 11) is 0. The number of hydrogen-bond acceptors (Lipinski definition) is 2. The van der Waals surface area contributed by atoms with Crippen LogP contribution in [0.4, 0.5) is 0 Å². The molecule has 0 amide bonds. The lowest BCUT2D eigenvalue weighted by molar-refractivity contribution is 0.0605. The van der Waals surface area contributed by atoms with Gasteiger partial charge in [-0.3, -0.25) is 4.79 Å². The molecular weight excluding hydrogens is 329 g/mol. The second-order valence-electron chi connectivity index (χ2n) is 4.77. The Morgan fingerprint density at radius 2 is 1.88 bits per heavy atom. The molecule has 0 aliphatic heterocycles. The van der Waals surface area contributed by atoms with Crippen molar-refractivity contribution in [3.8, 4) is 0 Å². The van der Waals surface area contributed by atoms with Gasteiger partial charge in [-0.25, -0.2) is 0 Å². The van der Waals surface area contributed by atoms with Gasteiger partial charge in [0.2, 0.25) is 0 Å². The Bertz CT molecular complexity index is 611. The molecular formula is C13H14INO2. The molecule has 2 rings (SSSR count). The molecule has 1 aromatic carbocycles. The first-order valence-electron chi connectivity index (χ1n) is 5.38. The molecule has 1 aromatic heterocycles. The molecule has 0 atom stereocenters. The van der Waals surface area contributed by atoms with Gasteiger partial charge in [0, 0.05) is 20.5 Å². The first-order chi connectivity index (χ1) is 7.88. The number of aliphatic hydroxyl groups is 1. The molecule has 0 bridgehead atoms. The first kappa shape index (κ1) is 12.6. The van der Waals surface area contributed by atoms with E-state index in [9.17, 15) is 9.90 Å². The van der Waals surface area contributed by atoms with Gasteiger partial charge in [0.05, 0.1) is 12.1 Å². The lowest BCUT2D eigenvalue weighted by atomic mass is 10.1. The first-order valence-corrected chi connectivity index (χ1v) is 6.46. The third kappa shape index (κ3) is 2.69. The van der Waals surface area contributed by atoms with Crippen LogP contribution in [-0.4, -0.2) is 15.3 Å². The Morgan fingerprint density at radius 1 is 1.29 bits per heavy atom. The maximum atomic E-state index is 12.2. The summed E-state index contributed by atoms with van der Waals surface area (Å²) in [5.41, 5.74) is -0.946. The van der Waals surface area contributed by atoms with Crippen molar-refractivity contribution in [1.82, 2.24) is 4.57 Å². The topological polar surface area (TPSA) is 42.2 Å². The van der Waals surface area contributed by atoms with E-state index in [0.717, 1.165) is 8.96 Å². The maximum absolute atomic E-state index is 12.2. The Kier molecular flexibility index (Phi) is 3.27. The molecule has 0 unspecified atom stereocenters. The van der Waals surface area contributed by atoms with E-state index >= 15 is 0 Å². The second-order valence-corrected chi connectivity index (χ2v) is 5.93. The molecule has 0 saturated heterocycles. The van der Waals surface area contributed by atoms with E-state index in [0.29, 0.717) is 11.9 Å². The number of benzene rings is 1. The number of fused-ring (bicyclic) bond motifs is 1. The largest absolute Gasteiger partial charge is 0.389 e. The molecule has 0 saturated carbocycles. The highest BCUT2D eigenvalue weighted by Crippen LogP contribution is 2.17. The van der Waals surface area contributed by atoms with Crippen LogP contribution in [0, 0.1) is 3.57 Å². The van der Waals surface area contributed by atoms with Gasteiger partial charge >= 0.3 is 0 Å². The van der Waals surface area contributed by atoms with Gasteiger partial charge in [-0.1, -0.05) is 18.2 Å². The van der Waals surface area contributed by atoms with Crippen molar-refractivity contribution < 1.29 is 5.11 Å². The number of aromatic nitrogens is 1. The summed E-state index contributed by atoms with van der Waals surface area (Å²) in [5.74, 6) is 0. The number of pyridine rings is 1. The summed E-state index contributed by atoms with van der Waals surface area (Å²) >= 11 is 2.21. The number of hydrogen-bond donors (Lipinski definition) is 1. The Labute approximate surface area is 113 Å². The highest BCUT2D eigenvalue weighted by Gasteiger charge is 2.15. The average Bonchev–Trinajstić information content (AvgIpc) is 2.24. The normalized spacial score (nSPS) is 12.0. The minimum absolute atomic E-state index is 0.0526. The zero-order chi connectivity index (χ0) is 12.6. The predicted octanol–water partition coefficient (Wildman–Crippen LogP) is 2.38.